The van der Waals surface area contributed by atoms with E-state index in [2.05, 4.69) is 64.7 Å². The maximum absolute atomic E-state index is 11.5. The molecule has 0 radical (unpaired) electrons. The third-order valence-corrected chi connectivity index (χ3v) is 4.84. The van der Waals surface area contributed by atoms with E-state index in [1.54, 1.807) is 16.9 Å². The molecule has 6 heteroatoms. The number of nitrogens with one attached hydrogen (secondary N) is 2. The van der Waals surface area contributed by atoms with Crippen LogP contribution in [-0.4, -0.2) is 21.0 Å². The largest absolute Gasteiger partial charge is 0.505 e. The van der Waals surface area contributed by atoms with Crippen molar-refractivity contribution in [2.45, 2.75) is 52.4 Å². The maximum Gasteiger partial charge on any atom is 0.335 e. The predicted molar refractivity (Wildman–Crippen MR) is 117 cm³/mol. The summed E-state index contributed by atoms with van der Waals surface area (Å²) in [5.41, 5.74) is 7.24. The van der Waals surface area contributed by atoms with Crippen LogP contribution in [0.4, 0.5) is 5.69 Å². The van der Waals surface area contributed by atoms with Gasteiger partial charge in [0.2, 0.25) is 0 Å². The zero-order chi connectivity index (χ0) is 21.6. The van der Waals surface area contributed by atoms with Crippen LogP contribution in [0, 0.1) is 0 Å². The Labute approximate surface area is 171 Å². The van der Waals surface area contributed by atoms with E-state index in [0.29, 0.717) is 11.4 Å². The van der Waals surface area contributed by atoms with Crippen molar-refractivity contribution in [2.75, 3.05) is 5.43 Å². The lowest BCUT2D eigenvalue weighted by molar-refractivity contribution is -0.128. The van der Waals surface area contributed by atoms with Gasteiger partial charge in [-0.1, -0.05) is 54.2 Å². The molecular weight excluding hydrogens is 366 g/mol. The summed E-state index contributed by atoms with van der Waals surface area (Å²) >= 11 is 0. The molecule has 0 amide bonds. The van der Waals surface area contributed by atoms with E-state index >= 15 is 0 Å². The third-order valence-electron chi connectivity index (χ3n) is 4.84. The molecule has 29 heavy (non-hydrogen) atoms. The zero-order valence-electron chi connectivity index (χ0n) is 17.9. The SMILES string of the molecule is C=CC(=O)Oc1ccc2[nH]n(Nc3cc(C(C)(C)C)cc(C(C)(C)C)c3O)c2c1. The zero-order valence-corrected chi connectivity index (χ0v) is 17.9. The summed E-state index contributed by atoms with van der Waals surface area (Å²) < 4.78 is 5.19. The van der Waals surface area contributed by atoms with Gasteiger partial charge in [-0.3, -0.25) is 10.5 Å². The number of carbonyl (C=O) groups is 1. The maximum atomic E-state index is 11.5. The Morgan fingerprint density at radius 3 is 2.41 bits per heavy atom. The van der Waals surface area contributed by atoms with Crippen molar-refractivity contribution < 1.29 is 14.6 Å². The highest BCUT2D eigenvalue weighted by Gasteiger charge is 2.25. The minimum atomic E-state index is -0.512. The number of phenols is 1. The second-order valence-corrected chi connectivity index (χ2v) is 9.28. The number of aromatic amines is 1. The lowest BCUT2D eigenvalue weighted by Gasteiger charge is -2.28. The molecule has 0 saturated heterocycles. The van der Waals surface area contributed by atoms with E-state index < -0.39 is 5.97 Å². The monoisotopic (exact) mass is 395 g/mol. The van der Waals surface area contributed by atoms with E-state index in [4.69, 9.17) is 4.74 Å². The normalized spacial score (nSPS) is 12.2. The number of rotatable bonds is 4. The fourth-order valence-electron chi connectivity index (χ4n) is 3.07. The predicted octanol–water partition coefficient (Wildman–Crippen LogP) is 5.24. The van der Waals surface area contributed by atoms with E-state index in [1.165, 1.54) is 0 Å². The summed E-state index contributed by atoms with van der Waals surface area (Å²) in [6.07, 6.45) is 1.12. The summed E-state index contributed by atoms with van der Waals surface area (Å²) in [5.74, 6) is 0.127. The van der Waals surface area contributed by atoms with Crippen molar-refractivity contribution in [1.29, 1.82) is 0 Å². The first-order chi connectivity index (χ1) is 13.4. The number of fused-ring (bicyclic) bond motifs is 1. The van der Waals surface area contributed by atoms with Gasteiger partial charge in [-0.05, 0) is 34.6 Å². The molecule has 0 bridgehead atoms. The number of H-pyrrole nitrogens is 1. The Hall–Kier alpha value is -3.15. The average Bonchev–Trinajstić information content (AvgIpc) is 2.60. The van der Waals surface area contributed by atoms with Crippen molar-refractivity contribution in [1.82, 2.24) is 9.89 Å². The van der Waals surface area contributed by atoms with Crippen LogP contribution in [-0.2, 0) is 15.6 Å². The number of ether oxygens (including phenoxy) is 1. The van der Waals surface area contributed by atoms with Gasteiger partial charge in [-0.2, -0.15) is 4.79 Å². The highest BCUT2D eigenvalue weighted by atomic mass is 16.5. The van der Waals surface area contributed by atoms with Crippen molar-refractivity contribution in [3.8, 4) is 11.5 Å². The van der Waals surface area contributed by atoms with Gasteiger partial charge in [-0.25, -0.2) is 4.79 Å². The standard InChI is InChI=1S/C23H29N3O3/c1-8-20(27)29-15-9-10-17-19(13-15)26(24-17)25-18-12-14(22(2,3)4)11-16(21(18)28)23(5,6)7/h8-13,24-25,28H,1H2,2-7H3. The van der Waals surface area contributed by atoms with Crippen LogP contribution in [0.5, 0.6) is 11.5 Å². The van der Waals surface area contributed by atoms with E-state index in [1.807, 2.05) is 12.1 Å². The van der Waals surface area contributed by atoms with Gasteiger partial charge in [0.1, 0.15) is 17.0 Å². The average molecular weight is 396 g/mol. The van der Waals surface area contributed by atoms with Gasteiger partial charge in [0.25, 0.3) is 0 Å². The van der Waals surface area contributed by atoms with Crippen LogP contribution in [0.3, 0.4) is 0 Å². The number of nitrogens with zero attached hydrogens (tertiary/aromatic N) is 1. The molecule has 0 aliphatic carbocycles. The van der Waals surface area contributed by atoms with Crippen LogP contribution in [0.2, 0.25) is 0 Å². The number of anilines is 1. The fourth-order valence-corrected chi connectivity index (χ4v) is 3.07. The first-order valence-corrected chi connectivity index (χ1v) is 9.60. The Balaban J connectivity index is 2.02. The molecular formula is C23H29N3O3. The summed E-state index contributed by atoms with van der Waals surface area (Å²) in [5, 5.41) is 14.1. The minimum absolute atomic E-state index is 0.0729. The van der Waals surface area contributed by atoms with Gasteiger partial charge >= 0.3 is 5.97 Å². The number of phenolic OH excluding ortho intramolecular Hbond substituents is 1. The molecule has 6 nitrogen and oxygen atoms in total. The van der Waals surface area contributed by atoms with Crippen LogP contribution < -0.4 is 10.2 Å². The number of aromatic nitrogens is 2. The molecule has 154 valence electrons. The topological polar surface area (TPSA) is 79.3 Å². The Kier molecular flexibility index (Phi) is 4.99. The fraction of sp³-hybridized carbons (Fsp3) is 0.348. The minimum Gasteiger partial charge on any atom is -0.505 e. The molecule has 3 N–H and O–H groups in total. The molecule has 0 atom stereocenters. The molecule has 3 rings (SSSR count). The van der Waals surface area contributed by atoms with E-state index in [9.17, 15) is 9.90 Å². The molecule has 0 saturated carbocycles. The smallest absolute Gasteiger partial charge is 0.335 e. The number of hydrogen-bond donors (Lipinski definition) is 3. The van der Waals surface area contributed by atoms with Crippen LogP contribution >= 0.6 is 0 Å². The molecule has 0 fully saturated rings. The van der Waals surface area contributed by atoms with Crippen molar-refractivity contribution in [2.24, 2.45) is 0 Å². The Morgan fingerprint density at radius 2 is 1.83 bits per heavy atom. The van der Waals surface area contributed by atoms with Crippen molar-refractivity contribution in [3.63, 3.8) is 0 Å². The molecule has 0 aliphatic rings. The quantitative estimate of drug-likeness (QED) is 0.244. The molecule has 0 spiro atoms. The second-order valence-electron chi connectivity index (χ2n) is 9.28. The first-order valence-electron chi connectivity index (χ1n) is 9.60. The Morgan fingerprint density at radius 1 is 1.14 bits per heavy atom. The van der Waals surface area contributed by atoms with Crippen molar-refractivity contribution >= 4 is 22.7 Å². The third kappa shape index (κ3) is 4.16. The summed E-state index contributed by atoms with van der Waals surface area (Å²) in [6, 6.07) is 9.32. The van der Waals surface area contributed by atoms with Crippen LogP contribution in [0.1, 0.15) is 52.7 Å². The molecule has 2 aromatic carbocycles. The van der Waals surface area contributed by atoms with Gasteiger partial charge < -0.3 is 9.84 Å². The van der Waals surface area contributed by atoms with Gasteiger partial charge in [0.15, 0.2) is 0 Å². The highest BCUT2D eigenvalue weighted by Crippen LogP contribution is 2.40. The molecule has 1 heterocycles. The van der Waals surface area contributed by atoms with Crippen LogP contribution in [0.25, 0.3) is 11.0 Å². The molecule has 3 aromatic rings. The first kappa shape index (κ1) is 20.6. The van der Waals surface area contributed by atoms with Gasteiger partial charge in [0.05, 0.1) is 11.2 Å². The number of aromatic hydroxyl groups is 1. The van der Waals surface area contributed by atoms with Gasteiger partial charge in [0, 0.05) is 17.7 Å². The Bertz CT molecular complexity index is 1080. The highest BCUT2D eigenvalue weighted by molar-refractivity contribution is 5.85. The van der Waals surface area contributed by atoms with Crippen LogP contribution in [0.15, 0.2) is 43.0 Å². The summed E-state index contributed by atoms with van der Waals surface area (Å²) in [7, 11) is 0. The number of esters is 1. The van der Waals surface area contributed by atoms with Crippen molar-refractivity contribution in [3.05, 3.63) is 54.1 Å². The number of hydrogen-bond acceptors (Lipinski definition) is 4. The molecule has 0 unspecified atom stereocenters. The lowest BCUT2D eigenvalue weighted by Crippen LogP contribution is -2.22. The molecule has 1 aromatic heterocycles. The number of carbonyl (C=O) groups excluding carboxylic acids is 1. The number of benzene rings is 2. The molecule has 0 aliphatic heterocycles. The summed E-state index contributed by atoms with van der Waals surface area (Å²) in [4.78, 5) is 13.1. The van der Waals surface area contributed by atoms with E-state index in [0.717, 1.165) is 28.2 Å². The second kappa shape index (κ2) is 7.03. The summed E-state index contributed by atoms with van der Waals surface area (Å²) in [6.45, 7) is 16.1. The lowest BCUT2D eigenvalue weighted by atomic mass is 9.80. The van der Waals surface area contributed by atoms with Gasteiger partial charge in [-0.15, -0.1) is 0 Å². The van der Waals surface area contributed by atoms with E-state index in [-0.39, 0.29) is 16.6 Å².